The highest BCUT2D eigenvalue weighted by Gasteiger charge is 2.50. The number of sulfonamides is 1. The molecule has 0 amide bonds. The summed E-state index contributed by atoms with van der Waals surface area (Å²) in [6, 6.07) is 0. The predicted octanol–water partition coefficient (Wildman–Crippen LogP) is 1.70. The van der Waals surface area contributed by atoms with Gasteiger partial charge in [0.15, 0.2) is 0 Å². The molecule has 0 unspecified atom stereocenters. The fourth-order valence-electron chi connectivity index (χ4n) is 3.03. The monoisotopic (exact) mass is 231 g/mol. The summed E-state index contributed by atoms with van der Waals surface area (Å²) in [6.07, 6.45) is 4.86. The van der Waals surface area contributed by atoms with Crippen LogP contribution in [-0.4, -0.2) is 32.1 Å². The Morgan fingerprint density at radius 3 is 2.33 bits per heavy atom. The van der Waals surface area contributed by atoms with Crippen molar-refractivity contribution in [1.29, 1.82) is 0 Å². The summed E-state index contributed by atoms with van der Waals surface area (Å²) < 4.78 is 24.5. The van der Waals surface area contributed by atoms with Crippen LogP contribution in [0.4, 0.5) is 0 Å². The second-order valence-corrected chi connectivity index (χ2v) is 7.74. The van der Waals surface area contributed by atoms with Gasteiger partial charge < -0.3 is 0 Å². The quantitative estimate of drug-likeness (QED) is 0.725. The van der Waals surface area contributed by atoms with E-state index in [1.54, 1.807) is 4.31 Å². The minimum atomic E-state index is -2.95. The van der Waals surface area contributed by atoms with E-state index in [4.69, 9.17) is 0 Å². The zero-order chi connectivity index (χ0) is 11.3. The average Bonchev–Trinajstić information content (AvgIpc) is 2.43. The maximum atomic E-state index is 11.4. The summed E-state index contributed by atoms with van der Waals surface area (Å²) in [7, 11) is -2.95. The third-order valence-corrected chi connectivity index (χ3v) is 5.46. The highest BCUT2D eigenvalue weighted by Crippen LogP contribution is 2.54. The highest BCUT2D eigenvalue weighted by molar-refractivity contribution is 7.88. The van der Waals surface area contributed by atoms with Crippen molar-refractivity contribution in [2.75, 3.05) is 19.3 Å². The van der Waals surface area contributed by atoms with E-state index in [2.05, 4.69) is 13.8 Å². The third-order valence-electron chi connectivity index (χ3n) is 4.21. The molecule has 0 atom stereocenters. The van der Waals surface area contributed by atoms with E-state index in [-0.39, 0.29) is 0 Å². The second-order valence-electron chi connectivity index (χ2n) is 5.76. The molecule has 2 rings (SSSR count). The van der Waals surface area contributed by atoms with Crippen LogP contribution in [0.15, 0.2) is 0 Å². The predicted molar refractivity (Wildman–Crippen MR) is 61.0 cm³/mol. The van der Waals surface area contributed by atoms with E-state index in [1.165, 1.54) is 19.1 Å². The molecule has 4 heteroatoms. The lowest BCUT2D eigenvalue weighted by Gasteiger charge is -2.47. The average molecular weight is 231 g/mol. The Morgan fingerprint density at radius 1 is 1.33 bits per heavy atom. The van der Waals surface area contributed by atoms with Crippen molar-refractivity contribution in [3.05, 3.63) is 0 Å². The largest absolute Gasteiger partial charge is 0.213 e. The van der Waals surface area contributed by atoms with Crippen molar-refractivity contribution in [2.24, 2.45) is 17.3 Å². The van der Waals surface area contributed by atoms with Crippen molar-refractivity contribution in [1.82, 2.24) is 4.31 Å². The molecule has 2 fully saturated rings. The molecule has 1 aliphatic carbocycles. The Hall–Kier alpha value is -0.0900. The topological polar surface area (TPSA) is 37.4 Å². The van der Waals surface area contributed by atoms with E-state index in [1.807, 2.05) is 0 Å². The van der Waals surface area contributed by atoms with E-state index in [0.717, 1.165) is 31.3 Å². The van der Waals surface area contributed by atoms with Crippen molar-refractivity contribution in [3.63, 3.8) is 0 Å². The fourth-order valence-corrected chi connectivity index (χ4v) is 3.97. The van der Waals surface area contributed by atoms with Crippen LogP contribution in [0, 0.1) is 17.3 Å². The Morgan fingerprint density at radius 2 is 1.93 bits per heavy atom. The Kier molecular flexibility index (Phi) is 2.62. The zero-order valence-electron chi connectivity index (χ0n) is 9.86. The highest BCUT2D eigenvalue weighted by atomic mass is 32.2. The minimum absolute atomic E-state index is 0.345. The van der Waals surface area contributed by atoms with E-state index >= 15 is 0 Å². The van der Waals surface area contributed by atoms with Gasteiger partial charge >= 0.3 is 0 Å². The molecular weight excluding hydrogens is 210 g/mol. The van der Waals surface area contributed by atoms with Gasteiger partial charge in [0.05, 0.1) is 6.26 Å². The molecule has 0 aromatic carbocycles. The minimum Gasteiger partial charge on any atom is -0.213 e. The van der Waals surface area contributed by atoms with Gasteiger partial charge in [-0.2, -0.15) is 0 Å². The Bertz CT molecular complexity index is 342. The van der Waals surface area contributed by atoms with Gasteiger partial charge in [-0.15, -0.1) is 0 Å². The zero-order valence-corrected chi connectivity index (χ0v) is 10.7. The van der Waals surface area contributed by atoms with Crippen molar-refractivity contribution in [2.45, 2.75) is 33.1 Å². The molecule has 0 aromatic heterocycles. The molecule has 1 saturated heterocycles. The van der Waals surface area contributed by atoms with Crippen LogP contribution in [-0.2, 0) is 10.0 Å². The van der Waals surface area contributed by atoms with Gasteiger partial charge in [-0.25, -0.2) is 12.7 Å². The maximum absolute atomic E-state index is 11.4. The summed E-state index contributed by atoms with van der Waals surface area (Å²) in [5.41, 5.74) is 0.345. The number of nitrogens with zero attached hydrogens (tertiary/aromatic N) is 1. The SMILES string of the molecule is CC(C)C1CC2(CCN(S(C)(=O)=O)C2)C1. The summed E-state index contributed by atoms with van der Waals surface area (Å²) in [5, 5.41) is 0. The lowest BCUT2D eigenvalue weighted by Crippen LogP contribution is -2.42. The molecule has 1 heterocycles. The Balaban J connectivity index is 1.95. The van der Waals surface area contributed by atoms with Gasteiger partial charge in [0.25, 0.3) is 0 Å². The van der Waals surface area contributed by atoms with Crippen LogP contribution in [0.1, 0.15) is 33.1 Å². The molecular formula is C11H21NO2S. The first-order chi connectivity index (χ1) is 6.82. The number of hydrogen-bond acceptors (Lipinski definition) is 2. The van der Waals surface area contributed by atoms with E-state index in [0.29, 0.717) is 5.41 Å². The van der Waals surface area contributed by atoms with Crippen LogP contribution < -0.4 is 0 Å². The normalized spacial score (nSPS) is 37.5. The van der Waals surface area contributed by atoms with Gasteiger partial charge in [-0.05, 0) is 36.5 Å². The van der Waals surface area contributed by atoms with Gasteiger partial charge in [0.2, 0.25) is 10.0 Å². The number of rotatable bonds is 2. The first-order valence-corrected chi connectivity index (χ1v) is 7.62. The first-order valence-electron chi connectivity index (χ1n) is 5.78. The number of hydrogen-bond donors (Lipinski definition) is 0. The van der Waals surface area contributed by atoms with Crippen molar-refractivity contribution in [3.8, 4) is 0 Å². The molecule has 1 aliphatic heterocycles. The summed E-state index contributed by atoms with van der Waals surface area (Å²) in [6.45, 7) is 6.04. The van der Waals surface area contributed by atoms with Crippen LogP contribution in [0.3, 0.4) is 0 Å². The Labute approximate surface area is 92.9 Å². The molecule has 0 radical (unpaired) electrons. The van der Waals surface area contributed by atoms with Crippen LogP contribution in [0.5, 0.6) is 0 Å². The summed E-state index contributed by atoms with van der Waals surface area (Å²) >= 11 is 0. The molecule has 15 heavy (non-hydrogen) atoms. The molecule has 1 saturated carbocycles. The lowest BCUT2D eigenvalue weighted by molar-refractivity contribution is 0.0399. The van der Waals surface area contributed by atoms with Gasteiger partial charge in [0.1, 0.15) is 0 Å². The first kappa shape index (κ1) is 11.4. The third kappa shape index (κ3) is 2.07. The molecule has 3 nitrogen and oxygen atoms in total. The molecule has 2 aliphatic rings. The molecule has 0 N–H and O–H groups in total. The molecule has 0 aromatic rings. The van der Waals surface area contributed by atoms with Crippen molar-refractivity contribution < 1.29 is 8.42 Å². The summed E-state index contributed by atoms with van der Waals surface area (Å²) in [4.78, 5) is 0. The van der Waals surface area contributed by atoms with Crippen molar-refractivity contribution >= 4 is 10.0 Å². The fraction of sp³-hybridized carbons (Fsp3) is 1.00. The lowest BCUT2D eigenvalue weighted by atomic mass is 9.58. The van der Waals surface area contributed by atoms with Gasteiger partial charge in [-0.1, -0.05) is 13.8 Å². The van der Waals surface area contributed by atoms with E-state index in [9.17, 15) is 8.42 Å². The van der Waals surface area contributed by atoms with Crippen LogP contribution in [0.25, 0.3) is 0 Å². The molecule has 0 bridgehead atoms. The van der Waals surface area contributed by atoms with Gasteiger partial charge in [-0.3, -0.25) is 0 Å². The van der Waals surface area contributed by atoms with Gasteiger partial charge in [0, 0.05) is 13.1 Å². The van der Waals surface area contributed by atoms with Crippen LogP contribution >= 0.6 is 0 Å². The van der Waals surface area contributed by atoms with Crippen LogP contribution in [0.2, 0.25) is 0 Å². The molecule has 1 spiro atoms. The molecule has 88 valence electrons. The maximum Gasteiger partial charge on any atom is 0.211 e. The van der Waals surface area contributed by atoms with E-state index < -0.39 is 10.0 Å². The second kappa shape index (κ2) is 3.45. The standard InChI is InChI=1S/C11H21NO2S/c1-9(2)10-6-11(7-10)4-5-12(8-11)15(3,13)14/h9-10H,4-8H2,1-3H3. The smallest absolute Gasteiger partial charge is 0.211 e. The summed E-state index contributed by atoms with van der Waals surface area (Å²) in [5.74, 6) is 1.58.